The molecule has 0 unspecified atom stereocenters. The van der Waals surface area contributed by atoms with Gasteiger partial charge >= 0.3 is 0 Å². The molecule has 1 saturated heterocycles. The number of nitrogens with zero attached hydrogens (tertiary/aromatic N) is 3. The summed E-state index contributed by atoms with van der Waals surface area (Å²) in [6.45, 7) is 0.633. The van der Waals surface area contributed by atoms with E-state index >= 15 is 0 Å². The van der Waals surface area contributed by atoms with E-state index in [9.17, 15) is 10.5 Å². The third kappa shape index (κ3) is 1.29. The van der Waals surface area contributed by atoms with Crippen molar-refractivity contribution in [2.45, 2.75) is 11.8 Å². The molecular formula is C16H14N4O3. The maximum absolute atomic E-state index is 9.92. The molecule has 7 heteroatoms. The van der Waals surface area contributed by atoms with Crippen molar-refractivity contribution in [3.63, 3.8) is 0 Å². The Morgan fingerprint density at radius 1 is 1.22 bits per heavy atom. The Balaban J connectivity index is 1.87. The minimum atomic E-state index is -1.48. The molecule has 3 atom stereocenters. The Labute approximate surface area is 132 Å². The molecule has 1 spiro atoms. The number of nitriles is 2. The maximum atomic E-state index is 9.92. The summed E-state index contributed by atoms with van der Waals surface area (Å²) in [5, 5.41) is 19.7. The number of ether oxygens (including phenoxy) is 3. The molecule has 7 nitrogen and oxygen atoms in total. The van der Waals surface area contributed by atoms with E-state index in [2.05, 4.69) is 17.1 Å². The van der Waals surface area contributed by atoms with Crippen molar-refractivity contribution < 1.29 is 14.2 Å². The first-order valence-electron chi connectivity index (χ1n) is 7.22. The molecule has 1 aliphatic carbocycles. The Bertz CT molecular complexity index is 785. The minimum absolute atomic E-state index is 0.101. The second-order valence-corrected chi connectivity index (χ2v) is 5.82. The van der Waals surface area contributed by atoms with Crippen LogP contribution in [-0.2, 0) is 9.47 Å². The van der Waals surface area contributed by atoms with E-state index < -0.39 is 22.7 Å². The summed E-state index contributed by atoms with van der Waals surface area (Å²) in [7, 11) is 1.58. The van der Waals surface area contributed by atoms with Crippen molar-refractivity contribution in [1.29, 1.82) is 10.5 Å². The molecule has 0 aromatic heterocycles. The van der Waals surface area contributed by atoms with Crippen LogP contribution >= 0.6 is 0 Å². The highest BCUT2D eigenvalue weighted by Crippen LogP contribution is 2.82. The number of nitrogens with two attached hydrogens (primary N) is 1. The summed E-state index contributed by atoms with van der Waals surface area (Å²) in [5.41, 5.74) is 4.39. The van der Waals surface area contributed by atoms with Crippen molar-refractivity contribution in [2.24, 2.45) is 21.6 Å². The molecule has 4 rings (SSSR count). The zero-order valence-electron chi connectivity index (χ0n) is 12.4. The number of hydrogen-bond donors (Lipinski definition) is 1. The normalized spacial score (nSPS) is 36.0. The third-order valence-electron chi connectivity index (χ3n) is 5.06. The number of fused-ring (bicyclic) bond motifs is 2. The lowest BCUT2D eigenvalue weighted by Crippen LogP contribution is -2.38. The smallest absolute Gasteiger partial charge is 0.293 e. The molecule has 0 bridgehead atoms. The lowest BCUT2D eigenvalue weighted by molar-refractivity contribution is -0.184. The van der Waals surface area contributed by atoms with Crippen LogP contribution in [0, 0.1) is 33.5 Å². The SMILES string of the molecule is COc1ccc([C@@H]2[C@]3(C#N)C(N)=NC4(OCCO4)[C@@]23C#N)cc1. The van der Waals surface area contributed by atoms with E-state index in [0.29, 0.717) is 19.0 Å². The van der Waals surface area contributed by atoms with Crippen molar-refractivity contribution in [3.8, 4) is 17.9 Å². The maximum Gasteiger partial charge on any atom is 0.293 e. The van der Waals surface area contributed by atoms with E-state index in [-0.39, 0.29) is 5.84 Å². The first-order valence-corrected chi connectivity index (χ1v) is 7.22. The molecule has 1 saturated carbocycles. The van der Waals surface area contributed by atoms with Gasteiger partial charge in [-0.1, -0.05) is 12.1 Å². The molecule has 2 aliphatic heterocycles. The Morgan fingerprint density at radius 3 is 2.39 bits per heavy atom. The monoisotopic (exact) mass is 310 g/mol. The third-order valence-corrected chi connectivity index (χ3v) is 5.06. The molecule has 2 N–H and O–H groups in total. The summed E-state index contributed by atoms with van der Waals surface area (Å²) < 4.78 is 16.5. The fourth-order valence-electron chi connectivity index (χ4n) is 4.01. The molecule has 2 heterocycles. The van der Waals surface area contributed by atoms with E-state index in [1.807, 2.05) is 12.1 Å². The van der Waals surface area contributed by atoms with Crippen molar-refractivity contribution in [3.05, 3.63) is 29.8 Å². The van der Waals surface area contributed by atoms with E-state index in [4.69, 9.17) is 19.9 Å². The number of hydrogen-bond acceptors (Lipinski definition) is 7. The summed E-state index contributed by atoms with van der Waals surface area (Å²) in [6, 6.07) is 11.7. The van der Waals surface area contributed by atoms with Gasteiger partial charge in [-0.3, -0.25) is 0 Å². The van der Waals surface area contributed by atoms with Gasteiger partial charge in [-0.05, 0) is 17.7 Å². The van der Waals surface area contributed by atoms with Gasteiger partial charge in [0.25, 0.3) is 5.91 Å². The van der Waals surface area contributed by atoms with Crippen molar-refractivity contribution in [2.75, 3.05) is 20.3 Å². The molecule has 1 aromatic carbocycles. The quantitative estimate of drug-likeness (QED) is 0.867. The van der Waals surface area contributed by atoms with Gasteiger partial charge in [0.2, 0.25) is 0 Å². The average molecular weight is 310 g/mol. The Hall–Kier alpha value is -2.61. The Kier molecular flexibility index (Phi) is 2.57. The molecule has 0 radical (unpaired) electrons. The first-order chi connectivity index (χ1) is 11.1. The van der Waals surface area contributed by atoms with Gasteiger partial charge in [0, 0.05) is 5.92 Å². The van der Waals surface area contributed by atoms with Crippen LogP contribution in [0.15, 0.2) is 29.3 Å². The summed E-state index contributed by atoms with van der Waals surface area (Å²) in [6.07, 6.45) is 0. The summed E-state index contributed by atoms with van der Waals surface area (Å²) in [4.78, 5) is 4.23. The van der Waals surface area contributed by atoms with Gasteiger partial charge in [0.05, 0.1) is 32.5 Å². The predicted octanol–water partition coefficient (Wildman–Crippen LogP) is 0.884. The highest BCUT2D eigenvalue weighted by atomic mass is 16.8. The van der Waals surface area contributed by atoms with Gasteiger partial charge in [0.15, 0.2) is 5.41 Å². The van der Waals surface area contributed by atoms with Gasteiger partial charge in [-0.25, -0.2) is 4.99 Å². The number of aliphatic imine (C=N–C) groups is 1. The average Bonchev–Trinajstić information content (AvgIpc) is 2.83. The second-order valence-electron chi connectivity index (χ2n) is 5.82. The van der Waals surface area contributed by atoms with Crippen LogP contribution in [0.4, 0.5) is 0 Å². The van der Waals surface area contributed by atoms with E-state index in [1.54, 1.807) is 19.2 Å². The molecule has 23 heavy (non-hydrogen) atoms. The zero-order chi connectivity index (χ0) is 16.3. The van der Waals surface area contributed by atoms with Gasteiger partial charge in [-0.15, -0.1) is 0 Å². The molecule has 0 amide bonds. The van der Waals surface area contributed by atoms with Crippen LogP contribution < -0.4 is 10.5 Å². The highest BCUT2D eigenvalue weighted by Gasteiger charge is 2.94. The highest BCUT2D eigenvalue weighted by molar-refractivity contribution is 6.00. The number of rotatable bonds is 2. The molecule has 116 valence electrons. The topological polar surface area (TPSA) is 114 Å². The lowest BCUT2D eigenvalue weighted by Gasteiger charge is -2.25. The second kappa shape index (κ2) is 4.23. The van der Waals surface area contributed by atoms with Crippen LogP contribution in [0.1, 0.15) is 11.5 Å². The lowest BCUT2D eigenvalue weighted by atomic mass is 9.94. The standard InChI is InChI=1S/C16H14N4O3/c1-21-11-4-2-10(3-5-11)12-14(8-17)13(19)20-16(15(12,14)9-18)22-6-7-23-16/h2-5,12H,6-7H2,1H3,(H2,19,20)/t12-,14-,15+/m1/s1. The fourth-order valence-corrected chi connectivity index (χ4v) is 4.01. The van der Waals surface area contributed by atoms with Gasteiger partial charge in [-0.2, -0.15) is 10.5 Å². The molecule has 1 aromatic rings. The van der Waals surface area contributed by atoms with Crippen molar-refractivity contribution >= 4 is 5.84 Å². The summed E-state index contributed by atoms with van der Waals surface area (Å²) >= 11 is 0. The molecule has 3 aliphatic rings. The fraction of sp³-hybridized carbons (Fsp3) is 0.438. The molecule has 2 fully saturated rings. The minimum Gasteiger partial charge on any atom is -0.497 e. The number of benzene rings is 1. The zero-order valence-corrected chi connectivity index (χ0v) is 12.4. The van der Waals surface area contributed by atoms with Gasteiger partial charge < -0.3 is 19.9 Å². The van der Waals surface area contributed by atoms with Crippen LogP contribution in [0.5, 0.6) is 5.75 Å². The Morgan fingerprint density at radius 2 is 1.87 bits per heavy atom. The van der Waals surface area contributed by atoms with E-state index in [0.717, 1.165) is 5.56 Å². The largest absolute Gasteiger partial charge is 0.497 e. The van der Waals surface area contributed by atoms with Crippen LogP contribution in [-0.4, -0.2) is 32.1 Å². The number of amidine groups is 1. The van der Waals surface area contributed by atoms with Crippen LogP contribution in [0.25, 0.3) is 0 Å². The van der Waals surface area contributed by atoms with Crippen LogP contribution in [0.3, 0.4) is 0 Å². The van der Waals surface area contributed by atoms with Crippen molar-refractivity contribution in [1.82, 2.24) is 0 Å². The van der Waals surface area contributed by atoms with Gasteiger partial charge in [0.1, 0.15) is 17.0 Å². The van der Waals surface area contributed by atoms with Crippen LogP contribution in [0.2, 0.25) is 0 Å². The van der Waals surface area contributed by atoms with E-state index in [1.165, 1.54) is 0 Å². The number of methoxy groups -OCH3 is 1. The first kappa shape index (κ1) is 14.0. The predicted molar refractivity (Wildman–Crippen MR) is 78.1 cm³/mol. The summed E-state index contributed by atoms with van der Waals surface area (Å²) in [5.74, 6) is -1.14. The molecular weight excluding hydrogens is 296 g/mol.